The molecule has 15 heavy (non-hydrogen) atoms. The molecule has 2 N–H and O–H groups in total. The van der Waals surface area contributed by atoms with Crippen molar-refractivity contribution in [1.82, 2.24) is 15.3 Å². The third-order valence-corrected chi connectivity index (χ3v) is 3.12. The summed E-state index contributed by atoms with van der Waals surface area (Å²) >= 11 is 0. The first kappa shape index (κ1) is 10.7. The first-order valence-electron chi connectivity index (χ1n) is 5.95. The van der Waals surface area contributed by atoms with Gasteiger partial charge in [0.2, 0.25) is 0 Å². The Kier molecular flexibility index (Phi) is 3.10. The van der Waals surface area contributed by atoms with Crippen molar-refractivity contribution in [2.24, 2.45) is 0 Å². The van der Waals surface area contributed by atoms with Gasteiger partial charge in [0.1, 0.15) is 5.82 Å². The van der Waals surface area contributed by atoms with Crippen LogP contribution in [-0.2, 0) is 6.42 Å². The molecule has 1 saturated heterocycles. The standard InChI is InChI=1S/C12H21N3/c1-8(2)12-9(3)14-11(15-12)7-10-5-4-6-13-10/h8,10,13H,4-7H2,1-3H3,(H,14,15). The number of nitrogens with one attached hydrogen (secondary N) is 2. The summed E-state index contributed by atoms with van der Waals surface area (Å²) in [6.45, 7) is 7.68. The molecule has 2 heterocycles. The van der Waals surface area contributed by atoms with Gasteiger partial charge < -0.3 is 10.3 Å². The zero-order chi connectivity index (χ0) is 10.8. The van der Waals surface area contributed by atoms with Crippen molar-refractivity contribution in [2.45, 2.75) is 52.0 Å². The molecule has 0 amide bonds. The van der Waals surface area contributed by atoms with Crippen molar-refractivity contribution in [3.63, 3.8) is 0 Å². The van der Waals surface area contributed by atoms with Crippen LogP contribution >= 0.6 is 0 Å². The number of imidazole rings is 1. The zero-order valence-electron chi connectivity index (χ0n) is 9.93. The third kappa shape index (κ3) is 2.40. The molecule has 1 unspecified atom stereocenters. The SMILES string of the molecule is Cc1[nH]c(CC2CCCN2)nc1C(C)C. The van der Waals surface area contributed by atoms with Gasteiger partial charge in [0.15, 0.2) is 0 Å². The Morgan fingerprint density at radius 3 is 2.80 bits per heavy atom. The maximum Gasteiger partial charge on any atom is 0.108 e. The highest BCUT2D eigenvalue weighted by molar-refractivity contribution is 5.17. The quantitative estimate of drug-likeness (QED) is 0.797. The van der Waals surface area contributed by atoms with E-state index in [1.54, 1.807) is 0 Å². The van der Waals surface area contributed by atoms with Gasteiger partial charge in [0, 0.05) is 18.2 Å². The Morgan fingerprint density at radius 2 is 2.27 bits per heavy atom. The van der Waals surface area contributed by atoms with Gasteiger partial charge in [-0.25, -0.2) is 4.98 Å². The van der Waals surface area contributed by atoms with Crippen LogP contribution in [0.3, 0.4) is 0 Å². The van der Waals surface area contributed by atoms with E-state index >= 15 is 0 Å². The molecule has 0 aromatic carbocycles. The first-order chi connectivity index (χ1) is 7.16. The fraction of sp³-hybridized carbons (Fsp3) is 0.750. The van der Waals surface area contributed by atoms with Crippen LogP contribution in [-0.4, -0.2) is 22.6 Å². The molecular formula is C12H21N3. The number of rotatable bonds is 3. The normalized spacial score (nSPS) is 21.5. The Hall–Kier alpha value is -0.830. The van der Waals surface area contributed by atoms with E-state index in [2.05, 4.69) is 36.1 Å². The van der Waals surface area contributed by atoms with Crippen molar-refractivity contribution < 1.29 is 0 Å². The van der Waals surface area contributed by atoms with Crippen LogP contribution in [0.2, 0.25) is 0 Å². The van der Waals surface area contributed by atoms with Crippen molar-refractivity contribution in [3.05, 3.63) is 17.2 Å². The molecule has 1 aromatic heterocycles. The molecule has 0 aliphatic carbocycles. The maximum atomic E-state index is 4.68. The molecule has 1 atom stereocenters. The molecule has 1 fully saturated rings. The van der Waals surface area contributed by atoms with Crippen molar-refractivity contribution in [3.8, 4) is 0 Å². The number of hydrogen-bond acceptors (Lipinski definition) is 2. The summed E-state index contributed by atoms with van der Waals surface area (Å²) in [4.78, 5) is 8.08. The number of aromatic amines is 1. The molecule has 3 heteroatoms. The maximum absolute atomic E-state index is 4.68. The van der Waals surface area contributed by atoms with Gasteiger partial charge in [-0.05, 0) is 32.2 Å². The van der Waals surface area contributed by atoms with E-state index in [0.717, 1.165) is 12.2 Å². The van der Waals surface area contributed by atoms with E-state index in [4.69, 9.17) is 0 Å². The molecule has 3 nitrogen and oxygen atoms in total. The van der Waals surface area contributed by atoms with Crippen LogP contribution in [0, 0.1) is 6.92 Å². The average molecular weight is 207 g/mol. The van der Waals surface area contributed by atoms with Crippen molar-refractivity contribution >= 4 is 0 Å². The van der Waals surface area contributed by atoms with Crippen LogP contribution < -0.4 is 5.32 Å². The monoisotopic (exact) mass is 207 g/mol. The lowest BCUT2D eigenvalue weighted by molar-refractivity contribution is 0.587. The molecule has 84 valence electrons. The number of aromatic nitrogens is 2. The molecule has 2 rings (SSSR count). The second-order valence-electron chi connectivity index (χ2n) is 4.85. The minimum absolute atomic E-state index is 0.520. The first-order valence-corrected chi connectivity index (χ1v) is 5.95. The minimum atomic E-state index is 0.520. The van der Waals surface area contributed by atoms with Crippen LogP contribution in [0.25, 0.3) is 0 Å². The molecule has 1 aliphatic rings. The summed E-state index contributed by atoms with van der Waals surface area (Å²) in [5, 5.41) is 3.50. The van der Waals surface area contributed by atoms with Gasteiger partial charge >= 0.3 is 0 Å². The van der Waals surface area contributed by atoms with Gasteiger partial charge in [-0.2, -0.15) is 0 Å². The van der Waals surface area contributed by atoms with Gasteiger partial charge in [0.05, 0.1) is 5.69 Å². The lowest BCUT2D eigenvalue weighted by Crippen LogP contribution is -2.24. The van der Waals surface area contributed by atoms with Crippen LogP contribution in [0.1, 0.15) is 49.8 Å². The predicted octanol–water partition coefficient (Wildman–Crippen LogP) is 2.14. The highest BCUT2D eigenvalue weighted by Crippen LogP contribution is 2.18. The van der Waals surface area contributed by atoms with E-state index in [1.807, 2.05) is 0 Å². The van der Waals surface area contributed by atoms with Crippen molar-refractivity contribution in [2.75, 3.05) is 6.54 Å². The van der Waals surface area contributed by atoms with Gasteiger partial charge in [-0.15, -0.1) is 0 Å². The zero-order valence-corrected chi connectivity index (χ0v) is 9.93. The van der Waals surface area contributed by atoms with E-state index < -0.39 is 0 Å². The molecule has 1 aliphatic heterocycles. The van der Waals surface area contributed by atoms with Gasteiger partial charge in [0.25, 0.3) is 0 Å². The van der Waals surface area contributed by atoms with Crippen molar-refractivity contribution in [1.29, 1.82) is 0 Å². The molecule has 1 aromatic rings. The molecule has 0 bridgehead atoms. The summed E-state index contributed by atoms with van der Waals surface area (Å²) in [6.07, 6.45) is 3.64. The topological polar surface area (TPSA) is 40.7 Å². The summed E-state index contributed by atoms with van der Waals surface area (Å²) in [6, 6.07) is 0.635. The number of H-pyrrole nitrogens is 1. The number of hydrogen-bond donors (Lipinski definition) is 2. The van der Waals surface area contributed by atoms with E-state index in [0.29, 0.717) is 12.0 Å². The van der Waals surface area contributed by atoms with Gasteiger partial charge in [-0.3, -0.25) is 0 Å². The predicted molar refractivity (Wildman–Crippen MR) is 62.1 cm³/mol. The number of nitrogens with zero attached hydrogens (tertiary/aromatic N) is 1. The summed E-state index contributed by atoms with van der Waals surface area (Å²) < 4.78 is 0. The third-order valence-electron chi connectivity index (χ3n) is 3.12. The van der Waals surface area contributed by atoms with Crippen LogP contribution in [0.15, 0.2) is 0 Å². The summed E-state index contributed by atoms with van der Waals surface area (Å²) in [5.74, 6) is 1.67. The summed E-state index contributed by atoms with van der Waals surface area (Å²) in [7, 11) is 0. The fourth-order valence-electron chi connectivity index (χ4n) is 2.36. The Bertz CT molecular complexity index is 322. The Balaban J connectivity index is 2.05. The molecular weight excluding hydrogens is 186 g/mol. The Labute approximate surface area is 91.7 Å². The van der Waals surface area contributed by atoms with Crippen LogP contribution in [0.4, 0.5) is 0 Å². The van der Waals surface area contributed by atoms with E-state index in [-0.39, 0.29) is 0 Å². The highest BCUT2D eigenvalue weighted by Gasteiger charge is 2.17. The molecule has 0 spiro atoms. The lowest BCUT2D eigenvalue weighted by atomic mass is 10.1. The van der Waals surface area contributed by atoms with Crippen LogP contribution in [0.5, 0.6) is 0 Å². The van der Waals surface area contributed by atoms with E-state index in [9.17, 15) is 0 Å². The smallest absolute Gasteiger partial charge is 0.108 e. The largest absolute Gasteiger partial charge is 0.346 e. The molecule has 0 radical (unpaired) electrons. The second-order valence-corrected chi connectivity index (χ2v) is 4.85. The fourth-order valence-corrected chi connectivity index (χ4v) is 2.36. The second kappa shape index (κ2) is 4.35. The highest BCUT2D eigenvalue weighted by atomic mass is 15.0. The molecule has 0 saturated carbocycles. The Morgan fingerprint density at radius 1 is 1.47 bits per heavy atom. The van der Waals surface area contributed by atoms with E-state index in [1.165, 1.54) is 30.8 Å². The minimum Gasteiger partial charge on any atom is -0.346 e. The summed E-state index contributed by atoms with van der Waals surface area (Å²) in [5.41, 5.74) is 2.46. The number of aryl methyl sites for hydroxylation is 1. The average Bonchev–Trinajstić information content (AvgIpc) is 2.75. The lowest BCUT2D eigenvalue weighted by Gasteiger charge is -2.06. The van der Waals surface area contributed by atoms with Gasteiger partial charge in [-0.1, -0.05) is 13.8 Å².